The van der Waals surface area contributed by atoms with E-state index in [1.165, 1.54) is 6.07 Å². The minimum Gasteiger partial charge on any atom is -0.332 e. The first-order valence-electron chi connectivity index (χ1n) is 7.11. The van der Waals surface area contributed by atoms with Crippen molar-refractivity contribution in [3.8, 4) is 0 Å². The van der Waals surface area contributed by atoms with Gasteiger partial charge in [-0.3, -0.25) is 4.79 Å². The molecule has 0 aromatic heterocycles. The van der Waals surface area contributed by atoms with Gasteiger partial charge in [-0.05, 0) is 37.6 Å². The molecular weight excluding hydrogens is 303 g/mol. The van der Waals surface area contributed by atoms with Crippen LogP contribution in [0.15, 0.2) is 42.5 Å². The van der Waals surface area contributed by atoms with Gasteiger partial charge in [-0.15, -0.1) is 0 Å². The summed E-state index contributed by atoms with van der Waals surface area (Å²) in [6.45, 7) is 3.97. The quantitative estimate of drug-likeness (QED) is 0.873. The third kappa shape index (κ3) is 4.29. The molecular formula is C17H19ClFN2O+. The number of benzene rings is 2. The van der Waals surface area contributed by atoms with Crippen molar-refractivity contribution in [2.45, 2.75) is 19.9 Å². The average Bonchev–Trinajstić information content (AvgIpc) is 2.48. The first-order chi connectivity index (χ1) is 10.5. The minimum atomic E-state index is -0.424. The fourth-order valence-electron chi connectivity index (χ4n) is 2.18. The molecule has 0 heterocycles. The Bertz CT molecular complexity index is 675. The molecule has 2 aromatic rings. The van der Waals surface area contributed by atoms with Gasteiger partial charge in [0.15, 0.2) is 6.54 Å². The maximum absolute atomic E-state index is 13.7. The van der Waals surface area contributed by atoms with Crippen molar-refractivity contribution in [3.05, 3.63) is 64.4 Å². The van der Waals surface area contributed by atoms with Gasteiger partial charge in [0.25, 0.3) is 5.91 Å². The van der Waals surface area contributed by atoms with Gasteiger partial charge in [-0.1, -0.05) is 35.9 Å². The Kier molecular flexibility index (Phi) is 5.52. The molecule has 1 amide bonds. The SMILES string of the molecule is Cc1ccc(NC(=O)C[NH2+][C@H](C)c2ccccc2Cl)c(F)c1. The van der Waals surface area contributed by atoms with Gasteiger partial charge < -0.3 is 10.6 Å². The molecule has 0 bridgehead atoms. The minimum absolute atomic E-state index is 0.0438. The van der Waals surface area contributed by atoms with Crippen molar-refractivity contribution in [3.63, 3.8) is 0 Å². The largest absolute Gasteiger partial charge is 0.332 e. The maximum atomic E-state index is 13.7. The average molecular weight is 322 g/mol. The van der Waals surface area contributed by atoms with E-state index in [9.17, 15) is 9.18 Å². The van der Waals surface area contributed by atoms with Crippen LogP contribution in [-0.4, -0.2) is 12.5 Å². The lowest BCUT2D eigenvalue weighted by atomic mass is 10.1. The standard InChI is InChI=1S/C17H18ClFN2O/c1-11-7-8-16(15(19)9-11)21-17(22)10-20-12(2)13-5-3-4-6-14(13)18/h3-9,12,20H,10H2,1-2H3,(H,21,22)/p+1/t12-/m1/s1. The molecule has 2 rings (SSSR count). The van der Waals surface area contributed by atoms with Crippen LogP contribution in [0.2, 0.25) is 5.02 Å². The molecule has 0 fully saturated rings. The van der Waals surface area contributed by atoms with Crippen molar-refractivity contribution in [1.29, 1.82) is 0 Å². The Morgan fingerprint density at radius 2 is 2.05 bits per heavy atom. The summed E-state index contributed by atoms with van der Waals surface area (Å²) >= 11 is 6.13. The molecule has 3 nitrogen and oxygen atoms in total. The fourth-order valence-corrected chi connectivity index (χ4v) is 2.49. The number of hydrogen-bond acceptors (Lipinski definition) is 1. The van der Waals surface area contributed by atoms with Crippen LogP contribution in [0.5, 0.6) is 0 Å². The lowest BCUT2D eigenvalue weighted by Crippen LogP contribution is -2.86. The number of aryl methyl sites for hydroxylation is 1. The van der Waals surface area contributed by atoms with E-state index in [-0.39, 0.29) is 24.2 Å². The summed E-state index contributed by atoms with van der Waals surface area (Å²) in [4.78, 5) is 11.9. The Labute approximate surface area is 134 Å². The number of carbonyl (C=O) groups excluding carboxylic acids is 1. The van der Waals surface area contributed by atoms with Crippen LogP contribution in [-0.2, 0) is 4.79 Å². The highest BCUT2D eigenvalue weighted by Crippen LogP contribution is 2.19. The van der Waals surface area contributed by atoms with Crippen LogP contribution >= 0.6 is 11.6 Å². The van der Waals surface area contributed by atoms with Crippen LogP contribution in [0, 0.1) is 12.7 Å². The Balaban J connectivity index is 1.91. The van der Waals surface area contributed by atoms with E-state index in [0.717, 1.165) is 11.1 Å². The van der Waals surface area contributed by atoms with Gasteiger partial charge in [0.2, 0.25) is 0 Å². The van der Waals surface area contributed by atoms with E-state index in [1.54, 1.807) is 19.1 Å². The molecule has 116 valence electrons. The Morgan fingerprint density at radius 3 is 2.73 bits per heavy atom. The van der Waals surface area contributed by atoms with Crippen LogP contribution < -0.4 is 10.6 Å². The van der Waals surface area contributed by atoms with Crippen molar-refractivity contribution in [1.82, 2.24) is 0 Å². The predicted molar refractivity (Wildman–Crippen MR) is 86.4 cm³/mol. The molecule has 0 saturated heterocycles. The van der Waals surface area contributed by atoms with Crippen molar-refractivity contribution in [2.75, 3.05) is 11.9 Å². The molecule has 0 saturated carbocycles. The van der Waals surface area contributed by atoms with Gasteiger partial charge in [0, 0.05) is 10.6 Å². The zero-order valence-corrected chi connectivity index (χ0v) is 13.3. The van der Waals surface area contributed by atoms with Gasteiger partial charge >= 0.3 is 0 Å². The second kappa shape index (κ2) is 7.38. The molecule has 3 N–H and O–H groups in total. The van der Waals surface area contributed by atoms with Crippen LogP contribution in [0.1, 0.15) is 24.1 Å². The molecule has 1 atom stereocenters. The van der Waals surface area contributed by atoms with E-state index < -0.39 is 5.82 Å². The third-order valence-electron chi connectivity index (χ3n) is 3.45. The van der Waals surface area contributed by atoms with Crippen molar-refractivity contribution in [2.24, 2.45) is 0 Å². The van der Waals surface area contributed by atoms with Gasteiger partial charge in [-0.2, -0.15) is 0 Å². The number of rotatable bonds is 5. The number of amides is 1. The smallest absolute Gasteiger partial charge is 0.279 e. The molecule has 0 aliphatic heterocycles. The lowest BCUT2D eigenvalue weighted by molar-refractivity contribution is -0.682. The van der Waals surface area contributed by atoms with Crippen molar-refractivity contribution < 1.29 is 14.5 Å². The molecule has 0 unspecified atom stereocenters. The van der Waals surface area contributed by atoms with Crippen LogP contribution in [0.25, 0.3) is 0 Å². The van der Waals surface area contributed by atoms with Crippen LogP contribution in [0.4, 0.5) is 10.1 Å². The number of quaternary nitrogens is 1. The molecule has 22 heavy (non-hydrogen) atoms. The molecule has 5 heteroatoms. The van der Waals surface area contributed by atoms with E-state index >= 15 is 0 Å². The first-order valence-corrected chi connectivity index (χ1v) is 7.49. The topological polar surface area (TPSA) is 45.7 Å². The van der Waals surface area contributed by atoms with E-state index in [1.807, 2.05) is 36.5 Å². The molecule has 0 aliphatic rings. The highest BCUT2D eigenvalue weighted by Gasteiger charge is 2.15. The summed E-state index contributed by atoms with van der Waals surface area (Å²) in [5.41, 5.74) is 1.99. The van der Waals surface area contributed by atoms with E-state index in [2.05, 4.69) is 5.32 Å². The Morgan fingerprint density at radius 1 is 1.32 bits per heavy atom. The summed E-state index contributed by atoms with van der Waals surface area (Å²) in [5, 5.41) is 5.12. The van der Waals surface area contributed by atoms with Crippen molar-refractivity contribution >= 4 is 23.2 Å². The number of nitrogens with two attached hydrogens (primary N) is 1. The lowest BCUT2D eigenvalue weighted by Gasteiger charge is -2.12. The van der Waals surface area contributed by atoms with Gasteiger partial charge in [0.1, 0.15) is 11.9 Å². The third-order valence-corrected chi connectivity index (χ3v) is 3.80. The molecule has 0 radical (unpaired) electrons. The zero-order valence-electron chi connectivity index (χ0n) is 12.6. The van der Waals surface area contributed by atoms with Gasteiger partial charge in [0.05, 0.1) is 5.69 Å². The van der Waals surface area contributed by atoms with E-state index in [4.69, 9.17) is 11.6 Å². The highest BCUT2D eigenvalue weighted by molar-refractivity contribution is 6.31. The van der Waals surface area contributed by atoms with Gasteiger partial charge in [-0.25, -0.2) is 4.39 Å². The zero-order chi connectivity index (χ0) is 16.1. The molecule has 0 spiro atoms. The predicted octanol–water partition coefficient (Wildman–Crippen LogP) is 3.05. The summed E-state index contributed by atoms with van der Waals surface area (Å²) in [6, 6.07) is 12.3. The highest BCUT2D eigenvalue weighted by atomic mass is 35.5. The monoisotopic (exact) mass is 321 g/mol. The maximum Gasteiger partial charge on any atom is 0.279 e. The first kappa shape index (κ1) is 16.5. The fraction of sp³-hybridized carbons (Fsp3) is 0.235. The molecule has 2 aromatic carbocycles. The number of anilines is 1. The second-order valence-corrected chi connectivity index (χ2v) is 5.69. The second-order valence-electron chi connectivity index (χ2n) is 5.28. The summed E-state index contributed by atoms with van der Waals surface area (Å²) < 4.78 is 13.7. The number of hydrogen-bond donors (Lipinski definition) is 2. The van der Waals surface area contributed by atoms with E-state index in [0.29, 0.717) is 5.02 Å². The summed E-state index contributed by atoms with van der Waals surface area (Å²) in [5.74, 6) is -0.672. The molecule has 0 aliphatic carbocycles. The number of nitrogens with one attached hydrogen (secondary N) is 1. The van der Waals surface area contributed by atoms with Crippen LogP contribution in [0.3, 0.4) is 0 Å². The number of halogens is 2. The Hall–Kier alpha value is -1.91. The summed E-state index contributed by atoms with van der Waals surface area (Å²) in [7, 11) is 0. The summed E-state index contributed by atoms with van der Waals surface area (Å²) in [6.07, 6.45) is 0. The normalized spacial score (nSPS) is 12.0. The number of carbonyl (C=O) groups is 1.